The van der Waals surface area contributed by atoms with Crippen LogP contribution in [0.4, 0.5) is 8.78 Å². The van der Waals surface area contributed by atoms with Crippen LogP contribution in [0.25, 0.3) is 11.3 Å². The third kappa shape index (κ3) is 7.02. The zero-order valence-corrected chi connectivity index (χ0v) is 20.5. The Balaban J connectivity index is 1.63. The summed E-state index contributed by atoms with van der Waals surface area (Å²) in [5.74, 6) is 0.110. The van der Waals surface area contributed by atoms with Gasteiger partial charge in [-0.25, -0.2) is 4.98 Å². The van der Waals surface area contributed by atoms with Crippen LogP contribution >= 0.6 is 0 Å². The van der Waals surface area contributed by atoms with Gasteiger partial charge in [0.15, 0.2) is 0 Å². The lowest BCUT2D eigenvalue weighted by molar-refractivity contribution is -0.0498. The summed E-state index contributed by atoms with van der Waals surface area (Å²) in [4.78, 5) is 6.79. The molecular formula is C28H33F2N5O. The van der Waals surface area contributed by atoms with Gasteiger partial charge in [-0.1, -0.05) is 24.3 Å². The summed E-state index contributed by atoms with van der Waals surface area (Å²) in [5, 5.41) is 0. The molecule has 1 atom stereocenters. The van der Waals surface area contributed by atoms with Gasteiger partial charge in [0, 0.05) is 31.0 Å². The topological polar surface area (TPSA) is 82.3 Å². The average molecular weight is 494 g/mol. The van der Waals surface area contributed by atoms with Crippen molar-refractivity contribution >= 4 is 5.57 Å². The molecule has 3 aromatic rings. The minimum absolute atomic E-state index is 0.110. The van der Waals surface area contributed by atoms with Crippen molar-refractivity contribution in [2.45, 2.75) is 45.4 Å². The second kappa shape index (κ2) is 12.0. The molecule has 0 spiro atoms. The number of piperidine rings is 1. The van der Waals surface area contributed by atoms with E-state index in [0.29, 0.717) is 6.42 Å². The third-order valence-corrected chi connectivity index (χ3v) is 6.22. The number of likely N-dealkylation sites (tertiary alicyclic amines) is 1. The zero-order valence-electron chi connectivity index (χ0n) is 20.5. The van der Waals surface area contributed by atoms with Crippen molar-refractivity contribution in [3.8, 4) is 11.4 Å². The monoisotopic (exact) mass is 493 g/mol. The van der Waals surface area contributed by atoms with E-state index in [9.17, 15) is 8.78 Å². The van der Waals surface area contributed by atoms with Crippen LogP contribution in [0.5, 0.6) is 5.75 Å². The number of nitrogens with two attached hydrogens (primary N) is 2. The Bertz CT molecular complexity index is 1220. The molecule has 6 nitrogen and oxygen atoms in total. The van der Waals surface area contributed by atoms with Crippen molar-refractivity contribution in [2.75, 3.05) is 13.1 Å². The molecule has 1 saturated heterocycles. The fourth-order valence-corrected chi connectivity index (χ4v) is 4.62. The first-order valence-electron chi connectivity index (χ1n) is 12.1. The maximum Gasteiger partial charge on any atom is 0.387 e. The van der Waals surface area contributed by atoms with Crippen LogP contribution in [0.2, 0.25) is 0 Å². The predicted molar refractivity (Wildman–Crippen MR) is 139 cm³/mol. The highest BCUT2D eigenvalue weighted by Crippen LogP contribution is 2.25. The summed E-state index contributed by atoms with van der Waals surface area (Å²) >= 11 is 0. The minimum Gasteiger partial charge on any atom is -0.435 e. The molecule has 0 saturated carbocycles. The Labute approximate surface area is 210 Å². The number of rotatable bonds is 9. The van der Waals surface area contributed by atoms with Crippen molar-refractivity contribution in [3.05, 3.63) is 95.7 Å². The quantitative estimate of drug-likeness (QED) is 0.419. The minimum atomic E-state index is -2.87. The largest absolute Gasteiger partial charge is 0.435 e. The van der Waals surface area contributed by atoms with Gasteiger partial charge in [-0.3, -0.25) is 4.90 Å². The van der Waals surface area contributed by atoms with E-state index in [2.05, 4.69) is 32.8 Å². The van der Waals surface area contributed by atoms with E-state index in [-0.39, 0.29) is 11.8 Å². The fourth-order valence-electron chi connectivity index (χ4n) is 4.62. The van der Waals surface area contributed by atoms with Crippen LogP contribution in [0.15, 0.2) is 73.3 Å². The van der Waals surface area contributed by atoms with E-state index in [1.165, 1.54) is 17.8 Å². The van der Waals surface area contributed by atoms with E-state index in [0.717, 1.165) is 60.6 Å². The van der Waals surface area contributed by atoms with Crippen LogP contribution in [0, 0.1) is 6.92 Å². The number of hydrogen-bond acceptors (Lipinski definition) is 5. The summed E-state index contributed by atoms with van der Waals surface area (Å²) in [6.45, 7) is 1.86. The van der Waals surface area contributed by atoms with Gasteiger partial charge in [0.05, 0.1) is 12.0 Å². The van der Waals surface area contributed by atoms with E-state index < -0.39 is 6.61 Å². The molecule has 1 aliphatic rings. The highest BCUT2D eigenvalue weighted by molar-refractivity contribution is 5.74. The normalized spacial score (nSPS) is 17.2. The van der Waals surface area contributed by atoms with Crippen LogP contribution in [0.1, 0.15) is 35.2 Å². The molecule has 2 aromatic carbocycles. The molecule has 4 N–H and O–H groups in total. The van der Waals surface area contributed by atoms with Crippen LogP contribution in [-0.2, 0) is 13.0 Å². The highest BCUT2D eigenvalue weighted by Gasteiger charge is 2.17. The van der Waals surface area contributed by atoms with E-state index >= 15 is 0 Å². The van der Waals surface area contributed by atoms with E-state index in [4.69, 9.17) is 11.5 Å². The van der Waals surface area contributed by atoms with Crippen molar-refractivity contribution in [2.24, 2.45) is 11.5 Å². The number of halogens is 2. The van der Waals surface area contributed by atoms with E-state index in [1.54, 1.807) is 18.2 Å². The lowest BCUT2D eigenvalue weighted by Crippen LogP contribution is -2.42. The number of aromatic nitrogens is 2. The lowest BCUT2D eigenvalue weighted by Gasteiger charge is -2.30. The molecule has 190 valence electrons. The molecule has 0 aliphatic carbocycles. The van der Waals surface area contributed by atoms with Crippen LogP contribution in [-0.4, -0.2) is 40.2 Å². The molecule has 2 heterocycles. The summed E-state index contributed by atoms with van der Waals surface area (Å²) in [6.07, 6.45) is 11.9. The third-order valence-electron chi connectivity index (χ3n) is 6.22. The Hall–Kier alpha value is -3.49. The first-order chi connectivity index (χ1) is 17.4. The number of benzene rings is 2. The van der Waals surface area contributed by atoms with Gasteiger partial charge in [-0.15, -0.1) is 0 Å². The first kappa shape index (κ1) is 25.6. The van der Waals surface area contributed by atoms with Gasteiger partial charge in [-0.05, 0) is 91.5 Å². The number of nitrogens with zero attached hydrogens (tertiary/aromatic N) is 3. The molecular weight excluding hydrogens is 460 g/mol. The molecule has 8 heteroatoms. The number of ether oxygens (including phenoxy) is 1. The van der Waals surface area contributed by atoms with Crippen molar-refractivity contribution < 1.29 is 13.5 Å². The van der Waals surface area contributed by atoms with Gasteiger partial charge in [0.25, 0.3) is 0 Å². The highest BCUT2D eigenvalue weighted by atomic mass is 19.3. The summed E-state index contributed by atoms with van der Waals surface area (Å²) in [7, 11) is 0. The molecule has 36 heavy (non-hydrogen) atoms. The van der Waals surface area contributed by atoms with Gasteiger partial charge < -0.3 is 20.8 Å². The maximum absolute atomic E-state index is 12.7. The average Bonchev–Trinajstić information content (AvgIpc) is 3.28. The molecule has 0 amide bonds. The van der Waals surface area contributed by atoms with Crippen molar-refractivity contribution in [1.82, 2.24) is 14.5 Å². The Morgan fingerprint density at radius 1 is 1.22 bits per heavy atom. The first-order valence-corrected chi connectivity index (χ1v) is 12.1. The van der Waals surface area contributed by atoms with Gasteiger partial charge >= 0.3 is 6.61 Å². The number of alkyl halides is 2. The number of hydrogen-bond donors (Lipinski definition) is 2. The Morgan fingerprint density at radius 3 is 2.78 bits per heavy atom. The molecule has 1 fully saturated rings. The molecule has 1 aliphatic heterocycles. The molecule has 0 radical (unpaired) electrons. The van der Waals surface area contributed by atoms with E-state index in [1.807, 2.05) is 36.2 Å². The lowest BCUT2D eigenvalue weighted by atomic mass is 10.00. The summed E-state index contributed by atoms with van der Waals surface area (Å²) in [6, 6.07) is 13.4. The fraction of sp³-hybridized carbons (Fsp3) is 0.321. The Morgan fingerprint density at radius 2 is 2.06 bits per heavy atom. The van der Waals surface area contributed by atoms with Crippen LogP contribution in [0.3, 0.4) is 0 Å². The maximum atomic E-state index is 12.7. The van der Waals surface area contributed by atoms with Gasteiger partial charge in [0.1, 0.15) is 5.75 Å². The standard InChI is InChI=1S/C28H33F2N5O/c1-20-16-35(19-33-20)26-13-21(12-22(14-26)17-34-11-3-5-25(32)18-34)7-8-23(9-10-31)24-4-2-6-27(15-24)36-28(29)30/h2,4,6,8-10,12-16,19,25,28H,3,5,7,11,17-18,31-32H2,1H3/b10-9-,23-8+. The van der Waals surface area contributed by atoms with Crippen molar-refractivity contribution in [3.63, 3.8) is 0 Å². The number of aryl methyl sites for hydroxylation is 1. The smallest absolute Gasteiger partial charge is 0.387 e. The zero-order chi connectivity index (χ0) is 25.5. The summed E-state index contributed by atoms with van der Waals surface area (Å²) < 4.78 is 32.0. The predicted octanol–water partition coefficient (Wildman–Crippen LogP) is 4.80. The molecule has 0 bridgehead atoms. The number of allylic oxidation sites excluding steroid dienone is 3. The van der Waals surface area contributed by atoms with Gasteiger partial charge in [-0.2, -0.15) is 8.78 Å². The second-order valence-electron chi connectivity index (χ2n) is 9.20. The second-order valence-corrected chi connectivity index (χ2v) is 9.20. The molecule has 1 unspecified atom stereocenters. The Kier molecular flexibility index (Phi) is 8.51. The molecule has 1 aromatic heterocycles. The van der Waals surface area contributed by atoms with Crippen LogP contribution < -0.4 is 16.2 Å². The molecule has 4 rings (SSSR count). The van der Waals surface area contributed by atoms with Gasteiger partial charge in [0.2, 0.25) is 0 Å². The summed E-state index contributed by atoms with van der Waals surface area (Å²) in [5.41, 5.74) is 17.8. The van der Waals surface area contributed by atoms with Crippen molar-refractivity contribution in [1.29, 1.82) is 0 Å². The SMILES string of the molecule is Cc1cn(-c2cc(C/C=C(\C=C/N)c3cccc(OC(F)F)c3)cc(CN3CCCC(N)C3)c2)cn1. The number of imidazole rings is 1.